The molecular weight excluding hydrogens is 274 g/mol. The van der Waals surface area contributed by atoms with Crippen LogP contribution in [0.1, 0.15) is 13.3 Å². The van der Waals surface area contributed by atoms with Gasteiger partial charge in [-0.3, -0.25) is 9.20 Å². The molecule has 2 rings (SSSR count). The van der Waals surface area contributed by atoms with E-state index < -0.39 is 0 Å². The minimum absolute atomic E-state index is 0.0158. The third-order valence-corrected chi connectivity index (χ3v) is 3.89. The van der Waals surface area contributed by atoms with Gasteiger partial charge in [0.1, 0.15) is 0 Å². The second-order valence-corrected chi connectivity index (χ2v) is 5.65. The summed E-state index contributed by atoms with van der Waals surface area (Å²) in [7, 11) is 1.71. The highest BCUT2D eigenvalue weighted by molar-refractivity contribution is 8.00. The molecule has 6 nitrogen and oxygen atoms in total. The molecule has 0 bridgehead atoms. The molecule has 0 aliphatic heterocycles. The number of rotatable bonds is 5. The average molecular weight is 289 g/mol. The normalized spacial score (nSPS) is 12.1. The van der Waals surface area contributed by atoms with Gasteiger partial charge >= 0.3 is 0 Å². The van der Waals surface area contributed by atoms with Crippen molar-refractivity contribution in [3.63, 3.8) is 0 Å². The highest BCUT2D eigenvalue weighted by atomic mass is 32.2. The lowest BCUT2D eigenvalue weighted by molar-refractivity contribution is -0.128. The van der Waals surface area contributed by atoms with Crippen LogP contribution in [-0.4, -0.2) is 44.2 Å². The summed E-state index contributed by atoms with van der Waals surface area (Å²) in [6.45, 7) is 2.28. The van der Waals surface area contributed by atoms with Gasteiger partial charge in [-0.05, 0) is 19.1 Å². The molecule has 2 aromatic heterocycles. The van der Waals surface area contributed by atoms with Crippen LogP contribution in [0.25, 0.3) is 5.65 Å². The number of amides is 1. The topological polar surface area (TPSA) is 74.3 Å². The number of carbonyl (C=O) groups is 1. The molecule has 0 saturated carbocycles. The number of fused-ring (bicyclic) bond motifs is 1. The minimum Gasteiger partial charge on any atom is -0.344 e. The molecule has 104 valence electrons. The van der Waals surface area contributed by atoms with Crippen LogP contribution >= 0.6 is 11.8 Å². The molecule has 7 heteroatoms. The predicted octanol–water partition coefficient (Wildman–Crippen LogP) is 1.58. The molecule has 0 fully saturated rings. The average Bonchev–Trinajstić information content (AvgIpc) is 2.87. The van der Waals surface area contributed by atoms with Gasteiger partial charge in [0.2, 0.25) is 5.91 Å². The van der Waals surface area contributed by atoms with E-state index in [4.69, 9.17) is 5.26 Å². The van der Waals surface area contributed by atoms with Gasteiger partial charge in [0, 0.05) is 19.8 Å². The standard InChI is InChI=1S/C13H15N5OS/c1-10(12(19)17(2)8-5-7-14)20-13-16-15-11-6-3-4-9-18(11)13/h3-4,6,9-10H,5,8H2,1-2H3/t10-/m0/s1. The second-order valence-electron chi connectivity index (χ2n) is 4.34. The first kappa shape index (κ1) is 14.3. The van der Waals surface area contributed by atoms with E-state index in [9.17, 15) is 4.79 Å². The number of pyridine rings is 1. The molecule has 0 N–H and O–H groups in total. The molecule has 0 radical (unpaired) electrons. The summed E-state index contributed by atoms with van der Waals surface area (Å²) in [6.07, 6.45) is 2.21. The van der Waals surface area contributed by atoms with Crippen molar-refractivity contribution in [2.45, 2.75) is 23.8 Å². The fourth-order valence-electron chi connectivity index (χ4n) is 1.75. The van der Waals surface area contributed by atoms with Crippen molar-refractivity contribution in [2.24, 2.45) is 0 Å². The summed E-state index contributed by atoms with van der Waals surface area (Å²) in [5, 5.41) is 17.1. The number of hydrogen-bond donors (Lipinski definition) is 0. The summed E-state index contributed by atoms with van der Waals surface area (Å²) in [4.78, 5) is 13.7. The molecule has 0 saturated heterocycles. The SMILES string of the molecule is C[C@H](Sc1nnc2ccccn12)C(=O)N(C)CCC#N. The highest BCUT2D eigenvalue weighted by Crippen LogP contribution is 2.23. The Labute approximate surface area is 121 Å². The molecule has 0 spiro atoms. The van der Waals surface area contributed by atoms with Gasteiger partial charge in [-0.25, -0.2) is 0 Å². The zero-order chi connectivity index (χ0) is 14.5. The van der Waals surface area contributed by atoms with Crippen LogP contribution in [0, 0.1) is 11.3 Å². The van der Waals surface area contributed by atoms with Crippen LogP contribution < -0.4 is 0 Å². The van der Waals surface area contributed by atoms with E-state index in [1.807, 2.05) is 41.8 Å². The predicted molar refractivity (Wildman–Crippen MR) is 76.2 cm³/mol. The fourth-order valence-corrected chi connectivity index (χ4v) is 2.70. The Morgan fingerprint density at radius 3 is 3.10 bits per heavy atom. The Bertz CT molecular complexity index is 647. The lowest BCUT2D eigenvalue weighted by Crippen LogP contribution is -2.33. The quantitative estimate of drug-likeness (QED) is 0.781. The molecule has 0 aromatic carbocycles. The van der Waals surface area contributed by atoms with E-state index in [1.54, 1.807) is 11.9 Å². The van der Waals surface area contributed by atoms with Crippen LogP contribution in [0.5, 0.6) is 0 Å². The van der Waals surface area contributed by atoms with E-state index in [0.717, 1.165) is 5.65 Å². The van der Waals surface area contributed by atoms with Gasteiger partial charge in [-0.2, -0.15) is 5.26 Å². The third-order valence-electron chi connectivity index (χ3n) is 2.85. The molecule has 2 aromatic rings. The van der Waals surface area contributed by atoms with E-state index in [-0.39, 0.29) is 11.2 Å². The Hall–Kier alpha value is -2.07. The summed E-state index contributed by atoms with van der Waals surface area (Å²) in [5.41, 5.74) is 0.757. The molecule has 1 amide bonds. The summed E-state index contributed by atoms with van der Waals surface area (Å²) in [5.74, 6) is -0.0158. The zero-order valence-electron chi connectivity index (χ0n) is 11.4. The van der Waals surface area contributed by atoms with Crippen LogP contribution in [0.3, 0.4) is 0 Å². The molecule has 1 atom stereocenters. The third kappa shape index (κ3) is 3.08. The molecule has 2 heterocycles. The molecule has 0 unspecified atom stereocenters. The van der Waals surface area contributed by atoms with Gasteiger partial charge in [0.15, 0.2) is 10.8 Å². The summed E-state index contributed by atoms with van der Waals surface area (Å²) < 4.78 is 1.85. The van der Waals surface area contributed by atoms with Crippen LogP contribution in [0.2, 0.25) is 0 Å². The number of nitriles is 1. The van der Waals surface area contributed by atoms with Crippen molar-refractivity contribution < 1.29 is 4.79 Å². The van der Waals surface area contributed by atoms with E-state index >= 15 is 0 Å². The number of aromatic nitrogens is 3. The van der Waals surface area contributed by atoms with Crippen molar-refractivity contribution in [1.82, 2.24) is 19.5 Å². The van der Waals surface area contributed by atoms with Crippen molar-refractivity contribution >= 4 is 23.3 Å². The first-order valence-electron chi connectivity index (χ1n) is 6.22. The van der Waals surface area contributed by atoms with Gasteiger partial charge in [-0.1, -0.05) is 17.8 Å². The Morgan fingerprint density at radius 2 is 2.35 bits per heavy atom. The largest absolute Gasteiger partial charge is 0.344 e. The minimum atomic E-state index is -0.272. The van der Waals surface area contributed by atoms with Gasteiger partial charge in [-0.15, -0.1) is 10.2 Å². The van der Waals surface area contributed by atoms with Crippen molar-refractivity contribution in [3.05, 3.63) is 24.4 Å². The van der Waals surface area contributed by atoms with E-state index in [2.05, 4.69) is 10.2 Å². The maximum Gasteiger partial charge on any atom is 0.235 e. The maximum absolute atomic E-state index is 12.1. The number of nitrogens with zero attached hydrogens (tertiary/aromatic N) is 5. The first-order valence-corrected chi connectivity index (χ1v) is 7.10. The number of carbonyl (C=O) groups excluding carboxylic acids is 1. The lowest BCUT2D eigenvalue weighted by Gasteiger charge is -2.19. The fraction of sp³-hybridized carbons (Fsp3) is 0.385. The lowest BCUT2D eigenvalue weighted by atomic mass is 10.3. The number of thioether (sulfide) groups is 1. The smallest absolute Gasteiger partial charge is 0.235 e. The molecular formula is C13H15N5OS. The van der Waals surface area contributed by atoms with Gasteiger partial charge in [0.25, 0.3) is 0 Å². The summed E-state index contributed by atoms with van der Waals surface area (Å²) in [6, 6.07) is 7.69. The highest BCUT2D eigenvalue weighted by Gasteiger charge is 2.20. The zero-order valence-corrected chi connectivity index (χ0v) is 12.2. The second kappa shape index (κ2) is 6.39. The molecule has 20 heavy (non-hydrogen) atoms. The monoisotopic (exact) mass is 289 g/mol. The van der Waals surface area contributed by atoms with Crippen LogP contribution in [0.15, 0.2) is 29.6 Å². The van der Waals surface area contributed by atoms with Crippen molar-refractivity contribution in [2.75, 3.05) is 13.6 Å². The van der Waals surface area contributed by atoms with Gasteiger partial charge < -0.3 is 4.90 Å². The van der Waals surface area contributed by atoms with Crippen LogP contribution in [-0.2, 0) is 4.79 Å². The van der Waals surface area contributed by atoms with Crippen LogP contribution in [0.4, 0.5) is 0 Å². The Morgan fingerprint density at radius 1 is 1.55 bits per heavy atom. The Balaban J connectivity index is 2.06. The molecule has 0 aliphatic carbocycles. The number of hydrogen-bond acceptors (Lipinski definition) is 5. The maximum atomic E-state index is 12.1. The molecule has 0 aliphatic rings. The Kier molecular flexibility index (Phi) is 4.58. The van der Waals surface area contributed by atoms with Crippen molar-refractivity contribution in [1.29, 1.82) is 5.26 Å². The van der Waals surface area contributed by atoms with Crippen molar-refractivity contribution in [3.8, 4) is 6.07 Å². The van der Waals surface area contributed by atoms with E-state index in [1.165, 1.54) is 11.8 Å². The van der Waals surface area contributed by atoms with E-state index in [0.29, 0.717) is 18.1 Å². The van der Waals surface area contributed by atoms with Gasteiger partial charge in [0.05, 0.1) is 17.7 Å². The first-order chi connectivity index (χ1) is 9.63. The summed E-state index contributed by atoms with van der Waals surface area (Å²) >= 11 is 1.36.